The van der Waals surface area contributed by atoms with Crippen LogP contribution >= 0.6 is 23.1 Å². The van der Waals surface area contributed by atoms with Crippen LogP contribution in [-0.4, -0.2) is 46.0 Å². The molecule has 2 aromatic carbocycles. The fraction of sp³-hybridized carbons (Fsp3) is 0.300. The van der Waals surface area contributed by atoms with Crippen molar-refractivity contribution in [3.05, 3.63) is 58.9 Å². The molecular formula is C20H20N4OS2. The predicted octanol–water partition coefficient (Wildman–Crippen LogP) is 3.49. The van der Waals surface area contributed by atoms with Gasteiger partial charge in [-0.05, 0) is 35.8 Å². The average Bonchev–Trinajstić information content (AvgIpc) is 3.29. The van der Waals surface area contributed by atoms with E-state index in [2.05, 4.69) is 38.4 Å². The number of benzene rings is 2. The predicted molar refractivity (Wildman–Crippen MR) is 114 cm³/mol. The van der Waals surface area contributed by atoms with Gasteiger partial charge in [-0.2, -0.15) is 4.37 Å². The summed E-state index contributed by atoms with van der Waals surface area (Å²) in [5.41, 5.74) is 0.142. The summed E-state index contributed by atoms with van der Waals surface area (Å²) in [4.78, 5) is 17.3. The number of rotatable bonds is 4. The summed E-state index contributed by atoms with van der Waals surface area (Å²) in [5, 5.41) is 2.09. The lowest BCUT2D eigenvalue weighted by molar-refractivity contribution is 0.250. The first-order valence-corrected chi connectivity index (χ1v) is 10.7. The molecule has 1 aliphatic rings. The van der Waals surface area contributed by atoms with Crippen LogP contribution in [0.1, 0.15) is 0 Å². The van der Waals surface area contributed by atoms with Gasteiger partial charge in [-0.3, -0.25) is 13.7 Å². The highest BCUT2D eigenvalue weighted by Crippen LogP contribution is 2.29. The molecule has 1 saturated heterocycles. The summed E-state index contributed by atoms with van der Waals surface area (Å²) in [5.74, 6) is 1.12. The Labute approximate surface area is 165 Å². The largest absolute Gasteiger partial charge is 0.353 e. The molecule has 7 heteroatoms. The van der Waals surface area contributed by atoms with Gasteiger partial charge in [-0.25, -0.2) is 0 Å². The van der Waals surface area contributed by atoms with Crippen LogP contribution in [0.25, 0.3) is 20.2 Å². The van der Waals surface area contributed by atoms with Gasteiger partial charge < -0.3 is 4.90 Å². The van der Waals surface area contributed by atoms with Gasteiger partial charge in [0.05, 0.1) is 14.8 Å². The third-order valence-electron chi connectivity index (χ3n) is 5.20. The lowest BCUT2D eigenvalue weighted by Gasteiger charge is -2.35. The summed E-state index contributed by atoms with van der Waals surface area (Å²) in [6, 6.07) is 16.3. The van der Waals surface area contributed by atoms with Gasteiger partial charge in [0.15, 0.2) is 0 Å². The molecule has 5 nitrogen and oxygen atoms in total. The van der Waals surface area contributed by atoms with E-state index in [4.69, 9.17) is 0 Å². The minimum Gasteiger partial charge on any atom is -0.353 e. The van der Waals surface area contributed by atoms with Crippen LogP contribution in [0.15, 0.2) is 53.3 Å². The van der Waals surface area contributed by atoms with Gasteiger partial charge in [-0.15, -0.1) is 0 Å². The lowest BCUT2D eigenvalue weighted by atomic mass is 10.2. The second-order valence-corrected chi connectivity index (χ2v) is 8.69. The normalized spacial score (nSPS) is 15.8. The molecule has 0 saturated carbocycles. The molecule has 4 aromatic rings. The summed E-state index contributed by atoms with van der Waals surface area (Å²) in [7, 11) is 0. The molecule has 5 rings (SSSR count). The zero-order valence-electron chi connectivity index (χ0n) is 14.9. The van der Waals surface area contributed by atoms with Crippen molar-refractivity contribution in [1.29, 1.82) is 0 Å². The minimum atomic E-state index is 0.142. The van der Waals surface area contributed by atoms with Crippen LogP contribution in [0.5, 0.6) is 0 Å². The van der Waals surface area contributed by atoms with Crippen molar-refractivity contribution < 1.29 is 0 Å². The van der Waals surface area contributed by atoms with E-state index < -0.39 is 0 Å². The maximum Gasteiger partial charge on any atom is 0.268 e. The van der Waals surface area contributed by atoms with Gasteiger partial charge in [0, 0.05) is 44.7 Å². The molecule has 2 aromatic heterocycles. The number of hydrogen-bond acceptors (Lipinski definition) is 6. The first-order chi connectivity index (χ1) is 13.3. The Balaban J connectivity index is 1.23. The molecular weight excluding hydrogens is 376 g/mol. The number of nitrogens with zero attached hydrogens (tertiary/aromatic N) is 4. The number of anilines is 1. The number of hydrogen-bond donors (Lipinski definition) is 0. The molecule has 0 spiro atoms. The van der Waals surface area contributed by atoms with Gasteiger partial charge in [0.1, 0.15) is 5.82 Å². The van der Waals surface area contributed by atoms with Crippen molar-refractivity contribution in [2.75, 3.05) is 37.6 Å². The maximum atomic E-state index is 12.5. The molecule has 0 radical (unpaired) electrons. The third-order valence-corrected chi connectivity index (χ3v) is 7.14. The Morgan fingerprint density at radius 2 is 1.56 bits per heavy atom. The van der Waals surface area contributed by atoms with Crippen LogP contribution in [0.2, 0.25) is 0 Å². The molecule has 3 heterocycles. The molecule has 27 heavy (non-hydrogen) atoms. The van der Waals surface area contributed by atoms with E-state index in [9.17, 15) is 4.79 Å². The highest BCUT2D eigenvalue weighted by molar-refractivity contribution is 7.14. The van der Waals surface area contributed by atoms with E-state index in [-0.39, 0.29) is 5.56 Å². The van der Waals surface area contributed by atoms with Crippen LogP contribution < -0.4 is 10.5 Å². The average molecular weight is 397 g/mol. The monoisotopic (exact) mass is 396 g/mol. The topological polar surface area (TPSA) is 41.4 Å². The minimum absolute atomic E-state index is 0.142. The van der Waals surface area contributed by atoms with Crippen molar-refractivity contribution in [1.82, 2.24) is 13.2 Å². The number of piperazine rings is 1. The van der Waals surface area contributed by atoms with Gasteiger partial charge in [0.25, 0.3) is 5.56 Å². The van der Waals surface area contributed by atoms with Crippen molar-refractivity contribution in [3.8, 4) is 0 Å². The first-order valence-electron chi connectivity index (χ1n) is 9.20. The Morgan fingerprint density at radius 1 is 0.852 bits per heavy atom. The van der Waals surface area contributed by atoms with Gasteiger partial charge in [0.2, 0.25) is 0 Å². The highest BCUT2D eigenvalue weighted by Gasteiger charge is 2.20. The molecule has 0 N–H and O–H groups in total. The van der Waals surface area contributed by atoms with Crippen LogP contribution in [0, 0.1) is 0 Å². The van der Waals surface area contributed by atoms with E-state index >= 15 is 0 Å². The fourth-order valence-corrected chi connectivity index (χ4v) is 5.46. The lowest BCUT2D eigenvalue weighted by Crippen LogP contribution is -2.47. The van der Waals surface area contributed by atoms with Crippen molar-refractivity contribution in [2.24, 2.45) is 0 Å². The summed E-state index contributed by atoms with van der Waals surface area (Å²) in [6.07, 6.45) is 0. The second kappa shape index (κ2) is 7.07. The Morgan fingerprint density at radius 3 is 2.33 bits per heavy atom. The standard InChI is InChI=1S/C20H20N4OS2/c25-20-16-6-2-4-8-18(16)27-24(20)14-11-22-9-12-23(13-10-22)19-15-5-1-3-7-17(15)26-21-19/h1-8H,9-14H2. The molecule has 0 aliphatic carbocycles. The Bertz CT molecular complexity index is 1140. The molecule has 1 aliphatic heterocycles. The molecule has 0 amide bonds. The summed E-state index contributed by atoms with van der Waals surface area (Å²) >= 11 is 3.15. The highest BCUT2D eigenvalue weighted by atomic mass is 32.1. The third kappa shape index (κ3) is 3.16. The first kappa shape index (κ1) is 16.9. The van der Waals surface area contributed by atoms with Crippen molar-refractivity contribution in [3.63, 3.8) is 0 Å². The van der Waals surface area contributed by atoms with Crippen LogP contribution in [-0.2, 0) is 6.54 Å². The van der Waals surface area contributed by atoms with E-state index in [1.165, 1.54) is 10.1 Å². The molecule has 0 bridgehead atoms. The summed E-state index contributed by atoms with van der Waals surface area (Å²) < 4.78 is 8.89. The van der Waals surface area contributed by atoms with E-state index in [1.54, 1.807) is 23.1 Å². The Hall–Kier alpha value is -2.22. The van der Waals surface area contributed by atoms with E-state index in [0.29, 0.717) is 0 Å². The van der Waals surface area contributed by atoms with Gasteiger partial charge >= 0.3 is 0 Å². The SMILES string of the molecule is O=c1c2ccccc2sn1CCN1CCN(c2nsc3ccccc23)CC1. The zero-order chi connectivity index (χ0) is 18.2. The van der Waals surface area contributed by atoms with Gasteiger partial charge in [-0.1, -0.05) is 35.8 Å². The fourth-order valence-electron chi connectivity index (χ4n) is 3.68. The number of aromatic nitrogens is 2. The molecule has 1 fully saturated rings. The molecule has 0 unspecified atom stereocenters. The Kier molecular flexibility index (Phi) is 4.43. The molecule has 0 atom stereocenters. The second-order valence-electron chi connectivity index (χ2n) is 6.83. The van der Waals surface area contributed by atoms with Crippen LogP contribution in [0.3, 0.4) is 0 Å². The number of fused-ring (bicyclic) bond motifs is 2. The van der Waals surface area contributed by atoms with Crippen molar-refractivity contribution in [2.45, 2.75) is 6.54 Å². The smallest absolute Gasteiger partial charge is 0.268 e. The maximum absolute atomic E-state index is 12.5. The summed E-state index contributed by atoms with van der Waals surface area (Å²) in [6.45, 7) is 5.65. The quantitative estimate of drug-likeness (QED) is 0.529. The van der Waals surface area contributed by atoms with E-state index in [1.807, 2.05) is 28.2 Å². The zero-order valence-corrected chi connectivity index (χ0v) is 16.5. The van der Waals surface area contributed by atoms with E-state index in [0.717, 1.165) is 55.2 Å². The van der Waals surface area contributed by atoms with Crippen molar-refractivity contribution >= 4 is 49.1 Å². The van der Waals surface area contributed by atoms with Crippen LogP contribution in [0.4, 0.5) is 5.82 Å². The molecule has 138 valence electrons.